The Hall–Kier alpha value is -0.730. The first kappa shape index (κ1) is 14.7. The van der Waals surface area contributed by atoms with Gasteiger partial charge in [-0.2, -0.15) is 0 Å². The highest BCUT2D eigenvalue weighted by molar-refractivity contribution is 6.30. The molecule has 1 fully saturated rings. The fraction of sp³-hybridized carbons (Fsp3) is 0.625. The summed E-state index contributed by atoms with van der Waals surface area (Å²) in [5, 5.41) is 4.31. The van der Waals surface area contributed by atoms with E-state index in [2.05, 4.69) is 12.2 Å². The molecule has 1 aliphatic carbocycles. The lowest BCUT2D eigenvalue weighted by Crippen LogP contribution is -2.35. The van der Waals surface area contributed by atoms with E-state index >= 15 is 0 Å². The Kier molecular flexibility index (Phi) is 5.99. The van der Waals surface area contributed by atoms with Crippen molar-refractivity contribution < 1.29 is 4.74 Å². The number of nitrogens with one attached hydrogen (secondary N) is 1. The first-order chi connectivity index (χ1) is 9.28. The zero-order valence-corrected chi connectivity index (χ0v) is 12.5. The molecule has 0 bridgehead atoms. The van der Waals surface area contributed by atoms with E-state index in [1.807, 2.05) is 24.3 Å². The first-order valence-corrected chi connectivity index (χ1v) is 7.77. The lowest BCUT2D eigenvalue weighted by atomic mass is 10.1. The average Bonchev–Trinajstić information content (AvgIpc) is 3.22. The van der Waals surface area contributed by atoms with E-state index < -0.39 is 0 Å². The summed E-state index contributed by atoms with van der Waals surface area (Å²) in [5.74, 6) is 1.85. The van der Waals surface area contributed by atoms with Crippen molar-refractivity contribution in [2.45, 2.75) is 45.1 Å². The highest BCUT2D eigenvalue weighted by Crippen LogP contribution is 2.33. The van der Waals surface area contributed by atoms with E-state index in [9.17, 15) is 0 Å². The van der Waals surface area contributed by atoms with Crippen molar-refractivity contribution in [2.75, 3.05) is 13.2 Å². The van der Waals surface area contributed by atoms with Gasteiger partial charge in [-0.05, 0) is 49.9 Å². The van der Waals surface area contributed by atoms with Crippen molar-refractivity contribution in [1.29, 1.82) is 0 Å². The SMILES string of the molecule is CCCNC(CCC1CC1)COc1cccc(Cl)c1. The third kappa shape index (κ3) is 5.84. The summed E-state index contributed by atoms with van der Waals surface area (Å²) >= 11 is 5.96. The van der Waals surface area contributed by atoms with Crippen molar-refractivity contribution in [3.05, 3.63) is 29.3 Å². The monoisotopic (exact) mass is 281 g/mol. The smallest absolute Gasteiger partial charge is 0.120 e. The second-order valence-electron chi connectivity index (χ2n) is 5.44. The Morgan fingerprint density at radius 2 is 2.26 bits per heavy atom. The van der Waals surface area contributed by atoms with Gasteiger partial charge in [0.25, 0.3) is 0 Å². The normalized spacial score (nSPS) is 16.3. The molecule has 106 valence electrons. The molecule has 1 unspecified atom stereocenters. The van der Waals surface area contributed by atoms with Gasteiger partial charge in [0.1, 0.15) is 12.4 Å². The van der Waals surface area contributed by atoms with Crippen molar-refractivity contribution in [2.24, 2.45) is 5.92 Å². The standard InChI is InChI=1S/C16H24ClNO/c1-2-10-18-15(9-8-13-6-7-13)12-19-16-5-3-4-14(17)11-16/h3-5,11,13,15,18H,2,6-10,12H2,1H3. The van der Waals surface area contributed by atoms with Crippen LogP contribution in [0, 0.1) is 5.92 Å². The minimum Gasteiger partial charge on any atom is -0.492 e. The third-order valence-electron chi connectivity index (χ3n) is 3.55. The second-order valence-corrected chi connectivity index (χ2v) is 5.88. The summed E-state index contributed by atoms with van der Waals surface area (Å²) in [6.07, 6.45) is 6.56. The van der Waals surface area contributed by atoms with Crippen molar-refractivity contribution in [1.82, 2.24) is 5.32 Å². The van der Waals surface area contributed by atoms with Crippen LogP contribution in [0.4, 0.5) is 0 Å². The van der Waals surface area contributed by atoms with Crippen LogP contribution in [0.1, 0.15) is 39.0 Å². The third-order valence-corrected chi connectivity index (χ3v) is 3.79. The number of hydrogen-bond donors (Lipinski definition) is 1. The van der Waals surface area contributed by atoms with Crippen molar-refractivity contribution in [3.8, 4) is 5.75 Å². The molecule has 0 spiro atoms. The molecule has 2 rings (SSSR count). The maximum atomic E-state index is 5.96. The van der Waals surface area contributed by atoms with E-state index in [-0.39, 0.29) is 0 Å². The lowest BCUT2D eigenvalue weighted by Gasteiger charge is -2.19. The van der Waals surface area contributed by atoms with Gasteiger partial charge in [0.2, 0.25) is 0 Å². The molecule has 1 atom stereocenters. The Morgan fingerprint density at radius 1 is 1.42 bits per heavy atom. The molecule has 1 aromatic rings. The van der Waals surface area contributed by atoms with Crippen molar-refractivity contribution in [3.63, 3.8) is 0 Å². The summed E-state index contributed by atoms with van der Waals surface area (Å²) in [5.41, 5.74) is 0. The molecule has 1 aromatic carbocycles. The maximum Gasteiger partial charge on any atom is 0.120 e. The van der Waals surface area contributed by atoms with E-state index in [1.165, 1.54) is 25.7 Å². The van der Waals surface area contributed by atoms with Crippen molar-refractivity contribution >= 4 is 11.6 Å². The van der Waals surface area contributed by atoms with Crippen LogP contribution in [-0.4, -0.2) is 19.2 Å². The van der Waals surface area contributed by atoms with Gasteiger partial charge in [0.05, 0.1) is 0 Å². The van der Waals surface area contributed by atoms with Gasteiger partial charge in [-0.1, -0.05) is 37.4 Å². The summed E-state index contributed by atoms with van der Waals surface area (Å²) in [6, 6.07) is 8.09. The van der Waals surface area contributed by atoms with Gasteiger partial charge in [0, 0.05) is 11.1 Å². The van der Waals surface area contributed by atoms with Crippen LogP contribution < -0.4 is 10.1 Å². The van der Waals surface area contributed by atoms with Crippen LogP contribution in [-0.2, 0) is 0 Å². The predicted molar refractivity (Wildman–Crippen MR) is 81.0 cm³/mol. The average molecular weight is 282 g/mol. The molecule has 1 N–H and O–H groups in total. The molecule has 0 aliphatic heterocycles. The van der Waals surface area contributed by atoms with Crippen LogP contribution >= 0.6 is 11.6 Å². The molecule has 0 radical (unpaired) electrons. The Morgan fingerprint density at radius 3 is 2.95 bits per heavy atom. The topological polar surface area (TPSA) is 21.3 Å². The number of rotatable bonds is 9. The maximum absolute atomic E-state index is 5.96. The van der Waals surface area contributed by atoms with E-state index in [1.54, 1.807) is 0 Å². The lowest BCUT2D eigenvalue weighted by molar-refractivity contribution is 0.253. The molecule has 2 nitrogen and oxygen atoms in total. The highest BCUT2D eigenvalue weighted by Gasteiger charge is 2.22. The Labute approximate surface area is 121 Å². The zero-order chi connectivity index (χ0) is 13.5. The van der Waals surface area contributed by atoms with Gasteiger partial charge < -0.3 is 10.1 Å². The van der Waals surface area contributed by atoms with Crippen LogP contribution in [0.5, 0.6) is 5.75 Å². The molecular formula is C16H24ClNO. The number of hydrogen-bond acceptors (Lipinski definition) is 2. The molecule has 0 heterocycles. The largest absolute Gasteiger partial charge is 0.492 e. The second kappa shape index (κ2) is 7.76. The quantitative estimate of drug-likeness (QED) is 0.729. The fourth-order valence-corrected chi connectivity index (χ4v) is 2.37. The van der Waals surface area contributed by atoms with Crippen LogP contribution in [0.3, 0.4) is 0 Å². The summed E-state index contributed by atoms with van der Waals surface area (Å²) in [6.45, 7) is 3.99. The van der Waals surface area contributed by atoms with E-state index in [4.69, 9.17) is 16.3 Å². The zero-order valence-electron chi connectivity index (χ0n) is 11.7. The molecule has 3 heteroatoms. The molecule has 1 aliphatic rings. The predicted octanol–water partition coefficient (Wildman–Crippen LogP) is 4.28. The summed E-state index contributed by atoms with van der Waals surface area (Å²) in [4.78, 5) is 0. The summed E-state index contributed by atoms with van der Waals surface area (Å²) in [7, 11) is 0. The van der Waals surface area contributed by atoms with Gasteiger partial charge in [0.15, 0.2) is 0 Å². The van der Waals surface area contributed by atoms with Crippen LogP contribution in [0.15, 0.2) is 24.3 Å². The molecule has 19 heavy (non-hydrogen) atoms. The van der Waals surface area contributed by atoms with Gasteiger partial charge in [-0.15, -0.1) is 0 Å². The number of benzene rings is 1. The highest BCUT2D eigenvalue weighted by atomic mass is 35.5. The van der Waals surface area contributed by atoms with Gasteiger partial charge >= 0.3 is 0 Å². The molecule has 0 saturated heterocycles. The van der Waals surface area contributed by atoms with Crippen LogP contribution in [0.25, 0.3) is 0 Å². The molecule has 0 aromatic heterocycles. The first-order valence-electron chi connectivity index (χ1n) is 7.39. The van der Waals surface area contributed by atoms with Gasteiger partial charge in [-0.3, -0.25) is 0 Å². The minimum absolute atomic E-state index is 0.458. The Balaban J connectivity index is 1.76. The van der Waals surface area contributed by atoms with E-state index in [0.29, 0.717) is 6.04 Å². The van der Waals surface area contributed by atoms with E-state index in [0.717, 1.165) is 36.3 Å². The summed E-state index contributed by atoms with van der Waals surface area (Å²) < 4.78 is 5.85. The van der Waals surface area contributed by atoms with Gasteiger partial charge in [-0.25, -0.2) is 0 Å². The fourth-order valence-electron chi connectivity index (χ4n) is 2.19. The molecule has 1 saturated carbocycles. The molecular weight excluding hydrogens is 258 g/mol. The Bertz CT molecular complexity index is 379. The number of halogens is 1. The minimum atomic E-state index is 0.458. The van der Waals surface area contributed by atoms with Crippen LogP contribution in [0.2, 0.25) is 5.02 Å². The molecule has 0 amide bonds. The number of ether oxygens (including phenoxy) is 1.